The lowest BCUT2D eigenvalue weighted by Gasteiger charge is -2.41. The van der Waals surface area contributed by atoms with Crippen molar-refractivity contribution >= 4 is 11.6 Å². The number of piperidine rings is 1. The molecule has 1 aliphatic carbocycles. The van der Waals surface area contributed by atoms with E-state index in [9.17, 15) is 18.0 Å². The average molecular weight is 437 g/mol. The van der Waals surface area contributed by atoms with E-state index in [1.807, 2.05) is 29.3 Å². The second-order valence-electron chi connectivity index (χ2n) is 9.70. The molecule has 5 nitrogen and oxygen atoms in total. The summed E-state index contributed by atoms with van der Waals surface area (Å²) in [5.41, 5.74) is 4.38. The topological polar surface area (TPSA) is 50.5 Å². The Kier molecular flexibility index (Phi) is 5.54. The number of rotatable bonds is 2. The Bertz CT molecular complexity index is 991. The highest BCUT2D eigenvalue weighted by atomic mass is 19.4. The summed E-state index contributed by atoms with van der Waals surface area (Å²) in [5.74, 6) is -1.09. The smallest absolute Gasteiger partial charge is 0.342 e. The van der Waals surface area contributed by atoms with Crippen molar-refractivity contribution in [2.24, 2.45) is 5.92 Å². The lowest BCUT2D eigenvalue weighted by molar-refractivity contribution is -0.182. The molecule has 0 spiro atoms. The number of aromatic nitrogens is 3. The van der Waals surface area contributed by atoms with Crippen molar-refractivity contribution in [1.82, 2.24) is 19.5 Å². The van der Waals surface area contributed by atoms with Crippen molar-refractivity contribution in [2.45, 2.75) is 83.7 Å². The molecule has 1 amide bonds. The highest BCUT2D eigenvalue weighted by Gasteiger charge is 2.42. The van der Waals surface area contributed by atoms with Crippen LogP contribution >= 0.6 is 0 Å². The molecule has 2 aromatic rings. The fraction of sp³-hybridized carbons (Fsp3) is 0.696. The number of hydrogen-bond donors (Lipinski definition) is 0. The minimum atomic E-state index is -4.11. The number of fused-ring (bicyclic) bond motifs is 1. The van der Waals surface area contributed by atoms with Crippen molar-refractivity contribution in [2.75, 3.05) is 13.1 Å². The summed E-state index contributed by atoms with van der Waals surface area (Å²) in [4.78, 5) is 18.7. The molecule has 1 saturated heterocycles. The average Bonchev–Trinajstić information content (AvgIpc) is 3.11. The molecular weight excluding hydrogens is 405 g/mol. The number of likely N-dealkylation sites (tertiary alicyclic amines) is 1. The number of carbonyl (C=O) groups excluding carboxylic acids is 1. The third-order valence-corrected chi connectivity index (χ3v) is 7.42. The van der Waals surface area contributed by atoms with Gasteiger partial charge in [-0.3, -0.25) is 4.79 Å². The highest BCUT2D eigenvalue weighted by Crippen LogP contribution is 2.43. The third kappa shape index (κ3) is 4.05. The zero-order chi connectivity index (χ0) is 22.6. The minimum Gasteiger partial charge on any atom is -0.342 e. The van der Waals surface area contributed by atoms with Crippen molar-refractivity contribution in [3.8, 4) is 0 Å². The second-order valence-corrected chi connectivity index (χ2v) is 9.70. The first-order chi connectivity index (χ1) is 14.5. The summed E-state index contributed by atoms with van der Waals surface area (Å²) in [6.07, 6.45) is -0.925. The van der Waals surface area contributed by atoms with Crippen LogP contribution in [0.2, 0.25) is 0 Å². The first kappa shape index (κ1) is 22.1. The first-order valence-corrected chi connectivity index (χ1v) is 11.2. The molecule has 1 aliphatic heterocycles. The maximum absolute atomic E-state index is 13.1. The van der Waals surface area contributed by atoms with E-state index in [0.29, 0.717) is 19.4 Å². The van der Waals surface area contributed by atoms with Gasteiger partial charge in [-0.05, 0) is 57.9 Å². The van der Waals surface area contributed by atoms with Gasteiger partial charge in [0.2, 0.25) is 5.91 Å². The fourth-order valence-corrected chi connectivity index (χ4v) is 5.54. The number of carbonyl (C=O) groups is 1. The van der Waals surface area contributed by atoms with Gasteiger partial charge in [0.25, 0.3) is 0 Å². The van der Waals surface area contributed by atoms with Gasteiger partial charge in [0, 0.05) is 43.1 Å². The molecule has 3 heterocycles. The first-order valence-electron chi connectivity index (χ1n) is 11.2. The fourth-order valence-electron chi connectivity index (χ4n) is 5.54. The standard InChI is InChI=1S/C23H31F3N4O/c1-14-15(2)27-20-12-19(17-6-8-18(9-7-17)23(24,25)26)28-30(20)21(14)22(4)10-5-11-29(13-22)16(3)31/h12,17-18H,5-11,13H2,1-4H3/t17?,18?,22-/m0/s1. The molecular formula is C23H31F3N4O. The molecule has 4 rings (SSSR count). The van der Waals surface area contributed by atoms with Crippen LogP contribution in [0.15, 0.2) is 6.07 Å². The minimum absolute atomic E-state index is 0.0293. The largest absolute Gasteiger partial charge is 0.391 e. The third-order valence-electron chi connectivity index (χ3n) is 7.42. The maximum atomic E-state index is 13.1. The van der Waals surface area contributed by atoms with Crippen LogP contribution in [-0.4, -0.2) is 44.7 Å². The maximum Gasteiger partial charge on any atom is 0.391 e. The lowest BCUT2D eigenvalue weighted by Crippen LogP contribution is -2.47. The van der Waals surface area contributed by atoms with Crippen molar-refractivity contribution < 1.29 is 18.0 Å². The van der Waals surface area contributed by atoms with Crippen LogP contribution in [-0.2, 0) is 10.2 Å². The van der Waals surface area contributed by atoms with Crippen LogP contribution in [0, 0.1) is 19.8 Å². The summed E-state index contributed by atoms with van der Waals surface area (Å²) in [7, 11) is 0. The molecule has 0 unspecified atom stereocenters. The van der Waals surface area contributed by atoms with Gasteiger partial charge in [-0.25, -0.2) is 9.50 Å². The normalized spacial score (nSPS) is 27.6. The number of halogens is 3. The van der Waals surface area contributed by atoms with Crippen molar-refractivity contribution in [3.63, 3.8) is 0 Å². The number of hydrogen-bond acceptors (Lipinski definition) is 3. The molecule has 2 aliphatic rings. The Morgan fingerprint density at radius 1 is 1.19 bits per heavy atom. The van der Waals surface area contributed by atoms with E-state index in [0.717, 1.165) is 47.7 Å². The number of amides is 1. The van der Waals surface area contributed by atoms with Crippen LogP contribution in [0.5, 0.6) is 0 Å². The van der Waals surface area contributed by atoms with Crippen LogP contribution in [0.4, 0.5) is 13.2 Å². The molecule has 2 fully saturated rings. The predicted octanol–water partition coefficient (Wildman–Crippen LogP) is 5.08. The van der Waals surface area contributed by atoms with Crippen molar-refractivity contribution in [1.29, 1.82) is 0 Å². The summed E-state index contributed by atoms with van der Waals surface area (Å²) >= 11 is 0. The Balaban J connectivity index is 1.70. The Labute approximate surface area is 181 Å². The summed E-state index contributed by atoms with van der Waals surface area (Å²) in [5, 5.41) is 4.89. The Morgan fingerprint density at radius 2 is 1.87 bits per heavy atom. The quantitative estimate of drug-likeness (QED) is 0.660. The summed E-state index contributed by atoms with van der Waals surface area (Å²) < 4.78 is 41.1. The van der Waals surface area contributed by atoms with Gasteiger partial charge in [0.15, 0.2) is 5.65 Å². The van der Waals surface area contributed by atoms with Crippen molar-refractivity contribution in [3.05, 3.63) is 28.7 Å². The lowest BCUT2D eigenvalue weighted by atomic mass is 9.77. The molecule has 0 N–H and O–H groups in total. The van der Waals surface area contributed by atoms with Gasteiger partial charge in [-0.15, -0.1) is 0 Å². The van der Waals surface area contributed by atoms with E-state index in [-0.39, 0.29) is 30.1 Å². The highest BCUT2D eigenvalue weighted by molar-refractivity contribution is 5.73. The van der Waals surface area contributed by atoms with Crippen LogP contribution in [0.25, 0.3) is 5.65 Å². The van der Waals surface area contributed by atoms with E-state index in [4.69, 9.17) is 10.1 Å². The van der Waals surface area contributed by atoms with Gasteiger partial charge in [0.05, 0.1) is 17.3 Å². The molecule has 0 radical (unpaired) electrons. The van der Waals surface area contributed by atoms with Crippen LogP contribution in [0.1, 0.15) is 80.9 Å². The number of alkyl halides is 3. The van der Waals surface area contributed by atoms with E-state index in [1.54, 1.807) is 6.92 Å². The second kappa shape index (κ2) is 7.78. The van der Waals surface area contributed by atoms with Gasteiger partial charge >= 0.3 is 6.18 Å². The predicted molar refractivity (Wildman–Crippen MR) is 112 cm³/mol. The van der Waals surface area contributed by atoms with Gasteiger partial charge < -0.3 is 4.90 Å². The monoisotopic (exact) mass is 436 g/mol. The molecule has 31 heavy (non-hydrogen) atoms. The zero-order valence-electron chi connectivity index (χ0n) is 18.7. The molecule has 170 valence electrons. The van der Waals surface area contributed by atoms with E-state index >= 15 is 0 Å². The molecule has 0 bridgehead atoms. The van der Waals surface area contributed by atoms with Gasteiger partial charge in [-0.2, -0.15) is 18.3 Å². The molecule has 1 atom stereocenters. The zero-order valence-corrected chi connectivity index (χ0v) is 18.7. The summed E-state index contributed by atoms with van der Waals surface area (Å²) in [6, 6.07) is 1.95. The molecule has 0 aromatic carbocycles. The number of nitrogens with zero attached hydrogens (tertiary/aromatic N) is 4. The van der Waals surface area contributed by atoms with E-state index in [2.05, 4.69) is 6.92 Å². The SMILES string of the molecule is CC(=O)N1CCC[C@](C)(c2c(C)c(C)nc3cc(C4CCC(C(F)(F)F)CC4)nn23)C1. The number of aryl methyl sites for hydroxylation is 1. The van der Waals surface area contributed by atoms with E-state index in [1.165, 1.54) is 0 Å². The van der Waals surface area contributed by atoms with Gasteiger partial charge in [-0.1, -0.05) is 6.92 Å². The van der Waals surface area contributed by atoms with Crippen LogP contribution < -0.4 is 0 Å². The molecule has 2 aromatic heterocycles. The Hall–Kier alpha value is -2.12. The molecule has 1 saturated carbocycles. The molecule has 8 heteroatoms. The van der Waals surface area contributed by atoms with E-state index < -0.39 is 12.1 Å². The van der Waals surface area contributed by atoms with Gasteiger partial charge in [0.1, 0.15) is 0 Å². The Morgan fingerprint density at radius 3 is 2.48 bits per heavy atom. The van der Waals surface area contributed by atoms with Crippen LogP contribution in [0.3, 0.4) is 0 Å². The summed E-state index contributed by atoms with van der Waals surface area (Å²) in [6.45, 7) is 9.21.